The normalized spacial score (nSPS) is 21.8. The van der Waals surface area contributed by atoms with Crippen LogP contribution < -0.4 is 9.96 Å². The first-order valence-corrected chi connectivity index (χ1v) is 11.8. The summed E-state index contributed by atoms with van der Waals surface area (Å²) in [6, 6.07) is 16.8. The van der Waals surface area contributed by atoms with Crippen LogP contribution >= 0.6 is 11.3 Å². The lowest BCUT2D eigenvalue weighted by Crippen LogP contribution is -2.37. The number of aryl methyl sites for hydroxylation is 2. The minimum Gasteiger partial charge on any atom is -0.465 e. The molecule has 3 atom stereocenters. The molecule has 0 bridgehead atoms. The van der Waals surface area contributed by atoms with Crippen LogP contribution in [0.1, 0.15) is 38.0 Å². The molecular weight excluding hydrogens is 452 g/mol. The maximum atomic E-state index is 13.9. The van der Waals surface area contributed by atoms with E-state index in [0.29, 0.717) is 10.6 Å². The Kier molecular flexibility index (Phi) is 5.50. The lowest BCUT2D eigenvalue weighted by atomic mass is 9.90. The van der Waals surface area contributed by atoms with Gasteiger partial charge in [0.1, 0.15) is 10.9 Å². The van der Waals surface area contributed by atoms with Crippen molar-refractivity contribution in [1.82, 2.24) is 0 Å². The van der Waals surface area contributed by atoms with Gasteiger partial charge in [0.15, 0.2) is 6.10 Å². The number of hydroxylamine groups is 1. The standard InChI is InChI=1S/C26H24N2O5S/c1-14-10-8-9-13-18(14)28-21(17-11-6-5-7-12-17)20-22(33-28)24(30)27(23(20)29)25-19(26(31)32-4)15(2)16(3)34-25/h5-13,20-22H,1-4H3/t20-,21-,22-/m0/s1. The van der Waals surface area contributed by atoms with Crippen LogP contribution in [0.3, 0.4) is 0 Å². The Morgan fingerprint density at radius 2 is 1.65 bits per heavy atom. The van der Waals surface area contributed by atoms with Gasteiger partial charge in [-0.15, -0.1) is 11.3 Å². The van der Waals surface area contributed by atoms with Crippen LogP contribution in [0.15, 0.2) is 54.6 Å². The van der Waals surface area contributed by atoms with Crippen molar-refractivity contribution in [3.63, 3.8) is 0 Å². The molecule has 2 amide bonds. The van der Waals surface area contributed by atoms with Crippen molar-refractivity contribution in [3.05, 3.63) is 81.7 Å². The number of anilines is 2. The third-order valence-electron chi connectivity index (χ3n) is 6.57. The Morgan fingerprint density at radius 1 is 0.971 bits per heavy atom. The van der Waals surface area contributed by atoms with Crippen molar-refractivity contribution < 1.29 is 24.0 Å². The molecule has 2 aliphatic rings. The molecule has 1 aromatic heterocycles. The van der Waals surface area contributed by atoms with Gasteiger partial charge >= 0.3 is 5.97 Å². The maximum Gasteiger partial charge on any atom is 0.341 e. The molecule has 174 valence electrons. The number of fused-ring (bicyclic) bond motifs is 1. The van der Waals surface area contributed by atoms with Gasteiger partial charge in [-0.2, -0.15) is 0 Å². The molecule has 2 fully saturated rings. The number of carbonyl (C=O) groups excluding carboxylic acids is 3. The number of hydrogen-bond donors (Lipinski definition) is 0. The predicted octanol–water partition coefficient (Wildman–Crippen LogP) is 4.51. The first kappa shape index (κ1) is 22.3. The summed E-state index contributed by atoms with van der Waals surface area (Å²) in [7, 11) is 1.29. The molecule has 8 heteroatoms. The van der Waals surface area contributed by atoms with Crippen molar-refractivity contribution in [3.8, 4) is 0 Å². The Balaban J connectivity index is 1.62. The fourth-order valence-electron chi connectivity index (χ4n) is 4.73. The zero-order valence-electron chi connectivity index (χ0n) is 19.3. The molecule has 0 N–H and O–H groups in total. The number of hydrogen-bond acceptors (Lipinski definition) is 7. The molecule has 3 aromatic rings. The van der Waals surface area contributed by atoms with Crippen LogP contribution in [-0.4, -0.2) is 31.0 Å². The van der Waals surface area contributed by atoms with E-state index >= 15 is 0 Å². The fourth-order valence-corrected chi connectivity index (χ4v) is 5.89. The lowest BCUT2D eigenvalue weighted by molar-refractivity contribution is -0.126. The highest BCUT2D eigenvalue weighted by atomic mass is 32.1. The monoisotopic (exact) mass is 476 g/mol. The van der Waals surface area contributed by atoms with E-state index in [-0.39, 0.29) is 11.5 Å². The second kappa shape index (κ2) is 8.38. The topological polar surface area (TPSA) is 76.2 Å². The first-order valence-electron chi connectivity index (χ1n) is 11.0. The molecular formula is C26H24N2O5S. The summed E-state index contributed by atoms with van der Waals surface area (Å²) in [4.78, 5) is 48.2. The van der Waals surface area contributed by atoms with E-state index in [1.165, 1.54) is 18.4 Å². The summed E-state index contributed by atoms with van der Waals surface area (Å²) in [5.41, 5.74) is 3.59. The number of carbonyl (C=O) groups is 3. The Hall–Kier alpha value is -3.49. The number of methoxy groups -OCH3 is 1. The van der Waals surface area contributed by atoms with Crippen LogP contribution in [0.25, 0.3) is 0 Å². The summed E-state index contributed by atoms with van der Waals surface area (Å²) in [5.74, 6) is -2.19. The third kappa shape index (κ3) is 3.25. The molecule has 5 rings (SSSR count). The van der Waals surface area contributed by atoms with Gasteiger partial charge < -0.3 is 4.74 Å². The molecule has 0 unspecified atom stereocenters. The van der Waals surface area contributed by atoms with Crippen molar-refractivity contribution in [2.45, 2.75) is 32.9 Å². The van der Waals surface area contributed by atoms with Crippen LogP contribution in [0.4, 0.5) is 10.7 Å². The second-order valence-corrected chi connectivity index (χ2v) is 9.69. The van der Waals surface area contributed by atoms with E-state index in [4.69, 9.17) is 9.57 Å². The zero-order valence-corrected chi connectivity index (χ0v) is 20.1. The SMILES string of the molecule is COC(=O)c1c(N2C(=O)[C@@H]3[C@H](ON(c4ccccc4C)[C@H]3c3ccccc3)C2=O)sc(C)c1C. The average molecular weight is 477 g/mol. The van der Waals surface area contributed by atoms with Crippen molar-refractivity contribution >= 4 is 39.8 Å². The molecule has 2 saturated heterocycles. The Morgan fingerprint density at radius 3 is 2.32 bits per heavy atom. The van der Waals surface area contributed by atoms with E-state index in [9.17, 15) is 14.4 Å². The maximum absolute atomic E-state index is 13.9. The van der Waals surface area contributed by atoms with E-state index in [0.717, 1.165) is 26.6 Å². The number of para-hydroxylation sites is 1. The van der Waals surface area contributed by atoms with Gasteiger partial charge in [-0.3, -0.25) is 14.4 Å². The smallest absolute Gasteiger partial charge is 0.341 e. The van der Waals surface area contributed by atoms with Crippen LogP contribution in [-0.2, 0) is 19.2 Å². The van der Waals surface area contributed by atoms with Gasteiger partial charge in [-0.05, 0) is 43.5 Å². The van der Waals surface area contributed by atoms with Crippen LogP contribution in [0.5, 0.6) is 0 Å². The number of amides is 2. The van der Waals surface area contributed by atoms with Gasteiger partial charge in [0.05, 0.1) is 24.4 Å². The highest BCUT2D eigenvalue weighted by Gasteiger charge is 2.61. The number of ether oxygens (including phenoxy) is 1. The number of esters is 1. The Labute approximate surface area is 201 Å². The zero-order chi connectivity index (χ0) is 24.1. The molecule has 3 heterocycles. The van der Waals surface area contributed by atoms with Crippen molar-refractivity contribution in [2.75, 3.05) is 17.1 Å². The molecule has 0 aliphatic carbocycles. The predicted molar refractivity (Wildman–Crippen MR) is 129 cm³/mol. The minimum atomic E-state index is -0.995. The molecule has 2 aromatic carbocycles. The lowest BCUT2D eigenvalue weighted by Gasteiger charge is -2.29. The molecule has 0 radical (unpaired) electrons. The summed E-state index contributed by atoms with van der Waals surface area (Å²) < 4.78 is 4.95. The van der Waals surface area contributed by atoms with Gasteiger partial charge in [-0.1, -0.05) is 48.5 Å². The summed E-state index contributed by atoms with van der Waals surface area (Å²) in [6.07, 6.45) is -0.995. The number of imide groups is 1. The number of thiophene rings is 1. The van der Waals surface area contributed by atoms with Crippen molar-refractivity contribution in [2.24, 2.45) is 5.92 Å². The summed E-state index contributed by atoms with van der Waals surface area (Å²) in [5, 5.41) is 1.99. The van der Waals surface area contributed by atoms with E-state index < -0.39 is 29.9 Å². The number of nitrogens with zero attached hydrogens (tertiary/aromatic N) is 2. The second-order valence-electron chi connectivity index (χ2n) is 8.49. The summed E-state index contributed by atoms with van der Waals surface area (Å²) in [6.45, 7) is 5.60. The minimum absolute atomic E-state index is 0.249. The average Bonchev–Trinajstić information content (AvgIpc) is 3.44. The van der Waals surface area contributed by atoms with Gasteiger partial charge in [0.2, 0.25) is 5.91 Å². The van der Waals surface area contributed by atoms with Gasteiger partial charge in [0.25, 0.3) is 5.91 Å². The van der Waals surface area contributed by atoms with E-state index in [1.54, 1.807) is 12.0 Å². The highest BCUT2D eigenvalue weighted by molar-refractivity contribution is 7.17. The van der Waals surface area contributed by atoms with E-state index in [2.05, 4.69) is 0 Å². The largest absolute Gasteiger partial charge is 0.465 e. The van der Waals surface area contributed by atoms with Crippen LogP contribution in [0, 0.1) is 26.7 Å². The summed E-state index contributed by atoms with van der Waals surface area (Å²) >= 11 is 1.24. The Bertz CT molecular complexity index is 1300. The third-order valence-corrected chi connectivity index (χ3v) is 7.76. The quantitative estimate of drug-likeness (QED) is 0.407. The fraction of sp³-hybridized carbons (Fsp3) is 0.269. The van der Waals surface area contributed by atoms with Crippen LogP contribution in [0.2, 0.25) is 0 Å². The molecule has 0 spiro atoms. The number of rotatable bonds is 4. The molecule has 2 aliphatic heterocycles. The molecule has 7 nitrogen and oxygen atoms in total. The van der Waals surface area contributed by atoms with Gasteiger partial charge in [0, 0.05) is 4.88 Å². The first-order chi connectivity index (χ1) is 16.3. The van der Waals surface area contributed by atoms with Gasteiger partial charge in [-0.25, -0.2) is 14.8 Å². The highest BCUT2D eigenvalue weighted by Crippen LogP contribution is 2.50. The molecule has 0 saturated carbocycles. The molecule has 34 heavy (non-hydrogen) atoms. The number of benzene rings is 2. The van der Waals surface area contributed by atoms with E-state index in [1.807, 2.05) is 68.4 Å². The van der Waals surface area contributed by atoms with Crippen molar-refractivity contribution in [1.29, 1.82) is 0 Å².